The summed E-state index contributed by atoms with van der Waals surface area (Å²) in [6, 6.07) is 10.1. The highest BCUT2D eigenvalue weighted by molar-refractivity contribution is 6.04. The van der Waals surface area contributed by atoms with Crippen LogP contribution in [0.5, 0.6) is 0 Å². The summed E-state index contributed by atoms with van der Waals surface area (Å²) in [6.45, 7) is 4.49. The van der Waals surface area contributed by atoms with Gasteiger partial charge in [-0.05, 0) is 67.6 Å². The molecule has 3 heteroatoms. The molecule has 208 valence electrons. The zero-order valence-electron chi connectivity index (χ0n) is 24.0. The Balaban J connectivity index is 1.38. The number of halogens is 1. The highest BCUT2D eigenvalue weighted by atomic mass is 19.1. The molecule has 0 amide bonds. The Morgan fingerprint density at radius 3 is 2.08 bits per heavy atom. The predicted molar refractivity (Wildman–Crippen MR) is 160 cm³/mol. The van der Waals surface area contributed by atoms with E-state index >= 15 is 4.39 Å². The molecular formula is C35H49FO2. The maximum absolute atomic E-state index is 15.3. The van der Waals surface area contributed by atoms with Crippen molar-refractivity contribution in [2.75, 3.05) is 0 Å². The van der Waals surface area contributed by atoms with Gasteiger partial charge in [0.1, 0.15) is 0 Å². The van der Waals surface area contributed by atoms with Gasteiger partial charge in [-0.25, -0.2) is 9.18 Å². The molecule has 0 unspecified atom stereocenters. The van der Waals surface area contributed by atoms with Crippen LogP contribution >= 0.6 is 0 Å². The lowest BCUT2D eigenvalue weighted by Gasteiger charge is -2.29. The molecule has 1 aliphatic carbocycles. The second kappa shape index (κ2) is 14.8. The van der Waals surface area contributed by atoms with Gasteiger partial charge >= 0.3 is 5.63 Å². The van der Waals surface area contributed by atoms with Crippen molar-refractivity contribution >= 4 is 21.7 Å². The van der Waals surface area contributed by atoms with Crippen LogP contribution in [-0.2, 0) is 6.42 Å². The van der Waals surface area contributed by atoms with Gasteiger partial charge in [0.05, 0.1) is 5.39 Å². The third kappa shape index (κ3) is 7.48. The minimum atomic E-state index is -0.415. The van der Waals surface area contributed by atoms with E-state index in [-0.39, 0.29) is 11.4 Å². The number of rotatable bonds is 15. The van der Waals surface area contributed by atoms with Gasteiger partial charge in [0, 0.05) is 10.8 Å². The molecule has 3 aromatic rings. The Bertz CT molecular complexity index is 1200. The fourth-order valence-electron chi connectivity index (χ4n) is 6.56. The van der Waals surface area contributed by atoms with E-state index in [4.69, 9.17) is 4.42 Å². The van der Waals surface area contributed by atoms with Gasteiger partial charge in [-0.3, -0.25) is 0 Å². The standard InChI is InChI=1S/C35H49FO2/c1-3-5-7-9-11-13-15-26-17-19-27(20-18-26)29-22-23-30-31-24-21-28(16-14-12-10-8-6-4-2)33(36)34(31)38-35(37)32(30)25-29/h21-27H,3-20H2,1-2H3. The third-order valence-electron chi connectivity index (χ3n) is 9.01. The van der Waals surface area contributed by atoms with Crippen LogP contribution in [-0.4, -0.2) is 0 Å². The van der Waals surface area contributed by atoms with Crippen LogP contribution in [0.3, 0.4) is 0 Å². The van der Waals surface area contributed by atoms with E-state index in [0.29, 0.717) is 28.7 Å². The molecule has 4 rings (SSSR count). The summed E-state index contributed by atoms with van der Waals surface area (Å²) in [4.78, 5) is 13.0. The minimum absolute atomic E-state index is 0.119. The SMILES string of the molecule is CCCCCCCCc1ccc2c(oc(=O)c3cc(C4CCC(CCCCCCCC)CC4)ccc32)c1F. The zero-order valence-corrected chi connectivity index (χ0v) is 24.0. The van der Waals surface area contributed by atoms with Crippen LogP contribution in [0.1, 0.15) is 140 Å². The van der Waals surface area contributed by atoms with Gasteiger partial charge in [0.15, 0.2) is 11.4 Å². The van der Waals surface area contributed by atoms with E-state index < -0.39 is 5.63 Å². The van der Waals surface area contributed by atoms with Crippen molar-refractivity contribution in [3.8, 4) is 0 Å². The van der Waals surface area contributed by atoms with E-state index in [9.17, 15) is 4.79 Å². The Morgan fingerprint density at radius 1 is 0.737 bits per heavy atom. The second-order valence-electron chi connectivity index (χ2n) is 11.9. The summed E-state index contributed by atoms with van der Waals surface area (Å²) < 4.78 is 21.0. The van der Waals surface area contributed by atoms with Gasteiger partial charge in [-0.1, -0.05) is 115 Å². The van der Waals surface area contributed by atoms with Crippen LogP contribution in [0.4, 0.5) is 4.39 Å². The van der Waals surface area contributed by atoms with Gasteiger partial charge in [0.25, 0.3) is 0 Å². The fraction of sp³-hybridized carbons (Fsp3) is 0.629. The zero-order chi connectivity index (χ0) is 26.7. The topological polar surface area (TPSA) is 30.2 Å². The quantitative estimate of drug-likeness (QED) is 0.113. The maximum atomic E-state index is 15.3. The first-order chi connectivity index (χ1) is 18.6. The second-order valence-corrected chi connectivity index (χ2v) is 11.9. The van der Waals surface area contributed by atoms with Crippen LogP contribution in [0.2, 0.25) is 0 Å². The summed E-state index contributed by atoms with van der Waals surface area (Å²) in [5.74, 6) is 1.01. The first-order valence-electron chi connectivity index (χ1n) is 15.8. The Morgan fingerprint density at radius 2 is 1.37 bits per heavy atom. The van der Waals surface area contributed by atoms with Crippen LogP contribution < -0.4 is 5.63 Å². The van der Waals surface area contributed by atoms with Gasteiger partial charge < -0.3 is 4.42 Å². The molecule has 0 saturated heterocycles. The minimum Gasteiger partial charge on any atom is -0.419 e. The van der Waals surface area contributed by atoms with Crippen LogP contribution in [0.15, 0.2) is 39.5 Å². The molecule has 0 N–H and O–H groups in total. The molecule has 1 aromatic heterocycles. The molecule has 2 nitrogen and oxygen atoms in total. The normalized spacial score (nSPS) is 18.0. The maximum Gasteiger partial charge on any atom is 0.344 e. The summed E-state index contributed by atoms with van der Waals surface area (Å²) in [7, 11) is 0. The number of hydrogen-bond acceptors (Lipinski definition) is 2. The highest BCUT2D eigenvalue weighted by Gasteiger charge is 2.23. The van der Waals surface area contributed by atoms with Crippen molar-refractivity contribution in [1.29, 1.82) is 0 Å². The average Bonchev–Trinajstić information content (AvgIpc) is 2.94. The number of benzene rings is 2. The third-order valence-corrected chi connectivity index (χ3v) is 9.01. The van der Waals surface area contributed by atoms with Gasteiger partial charge in [0.2, 0.25) is 0 Å². The molecule has 0 bridgehead atoms. The van der Waals surface area contributed by atoms with Crippen molar-refractivity contribution in [3.05, 3.63) is 57.7 Å². The predicted octanol–water partition coefficient (Wildman–Crippen LogP) is 11.0. The molecule has 1 heterocycles. The molecule has 0 atom stereocenters. The lowest BCUT2D eigenvalue weighted by Crippen LogP contribution is -2.14. The first-order valence-corrected chi connectivity index (χ1v) is 15.8. The number of hydrogen-bond donors (Lipinski definition) is 0. The summed E-state index contributed by atoms with van der Waals surface area (Å²) in [6.07, 6.45) is 22.3. The summed E-state index contributed by atoms with van der Waals surface area (Å²) in [5, 5.41) is 2.10. The lowest BCUT2D eigenvalue weighted by molar-refractivity contribution is 0.302. The van der Waals surface area contributed by atoms with E-state index in [1.54, 1.807) is 0 Å². The average molecular weight is 521 g/mol. The van der Waals surface area contributed by atoms with Crippen molar-refractivity contribution in [3.63, 3.8) is 0 Å². The van der Waals surface area contributed by atoms with E-state index in [0.717, 1.165) is 24.1 Å². The number of aryl methyl sites for hydroxylation is 1. The molecular weight excluding hydrogens is 471 g/mol. The largest absolute Gasteiger partial charge is 0.419 e. The van der Waals surface area contributed by atoms with Crippen molar-refractivity contribution < 1.29 is 8.81 Å². The van der Waals surface area contributed by atoms with E-state index in [1.807, 2.05) is 24.3 Å². The summed E-state index contributed by atoms with van der Waals surface area (Å²) in [5.41, 5.74) is 1.60. The smallest absolute Gasteiger partial charge is 0.344 e. The molecule has 1 fully saturated rings. The fourth-order valence-corrected chi connectivity index (χ4v) is 6.56. The number of fused-ring (bicyclic) bond motifs is 3. The van der Waals surface area contributed by atoms with Crippen LogP contribution in [0, 0.1) is 11.7 Å². The summed E-state index contributed by atoms with van der Waals surface area (Å²) >= 11 is 0. The molecule has 38 heavy (non-hydrogen) atoms. The molecule has 0 radical (unpaired) electrons. The van der Waals surface area contributed by atoms with Gasteiger partial charge in [-0.15, -0.1) is 0 Å². The first kappa shape index (κ1) is 28.8. The molecule has 1 saturated carbocycles. The Kier molecular flexibility index (Phi) is 11.3. The highest BCUT2D eigenvalue weighted by Crippen LogP contribution is 2.39. The van der Waals surface area contributed by atoms with Gasteiger partial charge in [-0.2, -0.15) is 0 Å². The molecule has 0 spiro atoms. The van der Waals surface area contributed by atoms with E-state index in [1.165, 1.54) is 102 Å². The Labute approximate surface area is 229 Å². The van der Waals surface area contributed by atoms with E-state index in [2.05, 4.69) is 19.9 Å². The van der Waals surface area contributed by atoms with Crippen molar-refractivity contribution in [2.24, 2.45) is 5.92 Å². The molecule has 1 aliphatic rings. The lowest BCUT2D eigenvalue weighted by atomic mass is 9.76. The molecule has 0 aliphatic heterocycles. The van der Waals surface area contributed by atoms with Crippen LogP contribution in [0.25, 0.3) is 21.7 Å². The van der Waals surface area contributed by atoms with Crippen molar-refractivity contribution in [1.82, 2.24) is 0 Å². The molecule has 2 aromatic carbocycles. The van der Waals surface area contributed by atoms with Crippen molar-refractivity contribution in [2.45, 2.75) is 135 Å². The monoisotopic (exact) mass is 520 g/mol. The number of unbranched alkanes of at least 4 members (excludes halogenated alkanes) is 10. The Hall–Kier alpha value is -2.16.